The average molecular weight is 329 g/mol. The van der Waals surface area contributed by atoms with Crippen LogP contribution in [0.3, 0.4) is 0 Å². The zero-order chi connectivity index (χ0) is 16.8. The first-order valence-electron chi connectivity index (χ1n) is 7.48. The normalized spacial score (nSPS) is 10.2. The number of para-hydroxylation sites is 1. The molecule has 0 bridgehead atoms. The lowest BCUT2D eigenvalue weighted by Gasteiger charge is -2.17. The second-order valence-electron chi connectivity index (χ2n) is 5.04. The SMILES string of the molecule is CCc1cccc(CC)c1NC(=S)Nc1ccc([N+](=O)[O-])cc1. The van der Waals surface area contributed by atoms with Gasteiger partial charge >= 0.3 is 0 Å². The van der Waals surface area contributed by atoms with Gasteiger partial charge in [-0.05, 0) is 48.3 Å². The van der Waals surface area contributed by atoms with Gasteiger partial charge in [-0.15, -0.1) is 0 Å². The molecule has 0 aliphatic heterocycles. The third-order valence-electron chi connectivity index (χ3n) is 3.57. The van der Waals surface area contributed by atoms with Crippen LogP contribution < -0.4 is 10.6 Å². The minimum Gasteiger partial charge on any atom is -0.332 e. The largest absolute Gasteiger partial charge is 0.332 e. The van der Waals surface area contributed by atoms with Gasteiger partial charge in [0.1, 0.15) is 0 Å². The van der Waals surface area contributed by atoms with Crippen molar-refractivity contribution in [3.63, 3.8) is 0 Å². The Kier molecular flexibility index (Phi) is 5.65. The fourth-order valence-electron chi connectivity index (χ4n) is 2.35. The van der Waals surface area contributed by atoms with Crippen molar-refractivity contribution >= 4 is 34.4 Å². The summed E-state index contributed by atoms with van der Waals surface area (Å²) in [5.74, 6) is 0. The van der Waals surface area contributed by atoms with E-state index in [4.69, 9.17) is 12.2 Å². The monoisotopic (exact) mass is 329 g/mol. The summed E-state index contributed by atoms with van der Waals surface area (Å²) in [7, 11) is 0. The molecule has 0 aliphatic rings. The van der Waals surface area contributed by atoms with E-state index in [9.17, 15) is 10.1 Å². The number of hydrogen-bond donors (Lipinski definition) is 2. The molecule has 0 aromatic heterocycles. The Balaban J connectivity index is 2.12. The van der Waals surface area contributed by atoms with Crippen LogP contribution in [0.15, 0.2) is 42.5 Å². The first-order valence-corrected chi connectivity index (χ1v) is 7.89. The molecule has 6 heteroatoms. The van der Waals surface area contributed by atoms with Crippen LogP contribution in [-0.4, -0.2) is 10.0 Å². The van der Waals surface area contributed by atoms with E-state index in [0.717, 1.165) is 18.5 Å². The number of nitro benzene ring substituents is 1. The smallest absolute Gasteiger partial charge is 0.269 e. The highest BCUT2D eigenvalue weighted by atomic mass is 32.1. The number of hydrogen-bond acceptors (Lipinski definition) is 3. The van der Waals surface area contributed by atoms with E-state index >= 15 is 0 Å². The quantitative estimate of drug-likeness (QED) is 0.479. The van der Waals surface area contributed by atoms with Crippen molar-refractivity contribution in [3.05, 3.63) is 63.7 Å². The molecule has 0 fully saturated rings. The first kappa shape index (κ1) is 16.9. The average Bonchev–Trinajstić information content (AvgIpc) is 2.55. The number of rotatable bonds is 5. The van der Waals surface area contributed by atoms with Gasteiger partial charge in [-0.3, -0.25) is 10.1 Å². The third-order valence-corrected chi connectivity index (χ3v) is 3.78. The molecule has 0 unspecified atom stereocenters. The number of thiocarbonyl (C=S) groups is 1. The second-order valence-corrected chi connectivity index (χ2v) is 5.45. The summed E-state index contributed by atoms with van der Waals surface area (Å²) >= 11 is 5.36. The van der Waals surface area contributed by atoms with Crippen molar-refractivity contribution in [1.29, 1.82) is 0 Å². The Labute approximate surface area is 140 Å². The van der Waals surface area contributed by atoms with E-state index < -0.39 is 4.92 Å². The van der Waals surface area contributed by atoms with Gasteiger partial charge in [0.15, 0.2) is 5.11 Å². The number of benzene rings is 2. The molecule has 0 heterocycles. The van der Waals surface area contributed by atoms with Crippen molar-refractivity contribution in [1.82, 2.24) is 0 Å². The minimum atomic E-state index is -0.425. The molecule has 2 aromatic rings. The lowest BCUT2D eigenvalue weighted by atomic mass is 10.0. The van der Waals surface area contributed by atoms with Gasteiger partial charge in [0.05, 0.1) is 4.92 Å². The molecule has 0 radical (unpaired) electrons. The fraction of sp³-hybridized carbons (Fsp3) is 0.235. The van der Waals surface area contributed by atoms with Crippen LogP contribution in [0.2, 0.25) is 0 Å². The van der Waals surface area contributed by atoms with Gasteiger partial charge in [0, 0.05) is 23.5 Å². The van der Waals surface area contributed by atoms with Crippen molar-refractivity contribution < 1.29 is 4.92 Å². The highest BCUT2D eigenvalue weighted by Gasteiger charge is 2.09. The molecule has 2 N–H and O–H groups in total. The van der Waals surface area contributed by atoms with Gasteiger partial charge in [0.25, 0.3) is 5.69 Å². The van der Waals surface area contributed by atoms with Gasteiger partial charge < -0.3 is 10.6 Å². The van der Waals surface area contributed by atoms with Crippen LogP contribution in [-0.2, 0) is 12.8 Å². The summed E-state index contributed by atoms with van der Waals surface area (Å²) < 4.78 is 0. The molecular formula is C17H19N3O2S. The molecule has 0 amide bonds. The van der Waals surface area contributed by atoms with E-state index in [0.29, 0.717) is 10.8 Å². The van der Waals surface area contributed by atoms with Crippen LogP contribution in [0.5, 0.6) is 0 Å². The first-order chi connectivity index (χ1) is 11.0. The number of aryl methyl sites for hydroxylation is 2. The molecule has 0 saturated carbocycles. The summed E-state index contributed by atoms with van der Waals surface area (Å²) in [4.78, 5) is 10.2. The Morgan fingerprint density at radius 3 is 2.09 bits per heavy atom. The van der Waals surface area contributed by atoms with Gasteiger partial charge in [-0.25, -0.2) is 0 Å². The third kappa shape index (κ3) is 4.26. The van der Waals surface area contributed by atoms with Gasteiger partial charge in [0.2, 0.25) is 0 Å². The van der Waals surface area contributed by atoms with Crippen LogP contribution in [0, 0.1) is 10.1 Å². The fourth-order valence-corrected chi connectivity index (χ4v) is 2.57. The van der Waals surface area contributed by atoms with Crippen molar-refractivity contribution in [2.24, 2.45) is 0 Å². The maximum absolute atomic E-state index is 10.7. The molecule has 2 rings (SSSR count). The second kappa shape index (κ2) is 7.69. The summed E-state index contributed by atoms with van der Waals surface area (Å²) in [5.41, 5.74) is 4.21. The lowest BCUT2D eigenvalue weighted by molar-refractivity contribution is -0.384. The molecule has 120 valence electrons. The highest BCUT2D eigenvalue weighted by molar-refractivity contribution is 7.80. The topological polar surface area (TPSA) is 67.2 Å². The maximum Gasteiger partial charge on any atom is 0.269 e. The molecule has 23 heavy (non-hydrogen) atoms. The van der Waals surface area contributed by atoms with E-state index in [2.05, 4.69) is 42.7 Å². The Hall–Kier alpha value is -2.47. The number of non-ortho nitro benzene ring substituents is 1. The van der Waals surface area contributed by atoms with Crippen molar-refractivity contribution in [3.8, 4) is 0 Å². The standard InChI is InChI=1S/C17H19N3O2S/c1-3-12-6-5-7-13(4-2)16(12)19-17(23)18-14-8-10-15(11-9-14)20(21)22/h5-11H,3-4H2,1-2H3,(H2,18,19,23). The number of nitrogens with one attached hydrogen (secondary N) is 2. The summed E-state index contributed by atoms with van der Waals surface area (Å²) in [5, 5.41) is 17.4. The summed E-state index contributed by atoms with van der Waals surface area (Å²) in [6.45, 7) is 4.21. The lowest BCUT2D eigenvalue weighted by Crippen LogP contribution is -2.20. The van der Waals surface area contributed by atoms with Crippen molar-refractivity contribution in [2.45, 2.75) is 26.7 Å². The number of anilines is 2. The molecule has 0 atom stereocenters. The van der Waals surface area contributed by atoms with E-state index in [-0.39, 0.29) is 5.69 Å². The number of nitrogens with zero attached hydrogens (tertiary/aromatic N) is 1. The minimum absolute atomic E-state index is 0.0547. The molecule has 0 saturated heterocycles. The molecular weight excluding hydrogens is 310 g/mol. The van der Waals surface area contributed by atoms with Crippen LogP contribution in [0.4, 0.5) is 17.1 Å². The van der Waals surface area contributed by atoms with Crippen LogP contribution in [0.1, 0.15) is 25.0 Å². The highest BCUT2D eigenvalue weighted by Crippen LogP contribution is 2.23. The molecule has 0 aliphatic carbocycles. The summed E-state index contributed by atoms with van der Waals surface area (Å²) in [6, 6.07) is 12.4. The van der Waals surface area contributed by atoms with Gasteiger partial charge in [-0.2, -0.15) is 0 Å². The Morgan fingerprint density at radius 2 is 1.61 bits per heavy atom. The van der Waals surface area contributed by atoms with Gasteiger partial charge in [-0.1, -0.05) is 32.0 Å². The maximum atomic E-state index is 10.7. The Bertz CT molecular complexity index is 692. The molecule has 5 nitrogen and oxygen atoms in total. The molecule has 2 aromatic carbocycles. The number of nitro groups is 1. The van der Waals surface area contributed by atoms with Crippen LogP contribution >= 0.6 is 12.2 Å². The van der Waals surface area contributed by atoms with E-state index in [1.54, 1.807) is 12.1 Å². The zero-order valence-corrected chi connectivity index (χ0v) is 13.9. The van der Waals surface area contributed by atoms with Crippen LogP contribution in [0.25, 0.3) is 0 Å². The molecule has 0 spiro atoms. The van der Waals surface area contributed by atoms with Crippen molar-refractivity contribution in [2.75, 3.05) is 10.6 Å². The Morgan fingerprint density at radius 1 is 1.04 bits per heavy atom. The predicted molar refractivity (Wildman–Crippen MR) is 98.1 cm³/mol. The predicted octanol–water partition coefficient (Wildman–Crippen LogP) is 4.53. The van der Waals surface area contributed by atoms with E-state index in [1.165, 1.54) is 23.3 Å². The van der Waals surface area contributed by atoms with E-state index in [1.807, 2.05) is 0 Å². The summed E-state index contributed by atoms with van der Waals surface area (Å²) in [6.07, 6.45) is 1.83. The zero-order valence-electron chi connectivity index (χ0n) is 13.1.